The van der Waals surface area contributed by atoms with Gasteiger partial charge in [0.15, 0.2) is 11.5 Å². The highest BCUT2D eigenvalue weighted by Crippen LogP contribution is 2.41. The quantitative estimate of drug-likeness (QED) is 0.190. The van der Waals surface area contributed by atoms with Gasteiger partial charge in [0.2, 0.25) is 11.7 Å². The number of fused-ring (bicyclic) bond motifs is 1. The number of alkyl halides is 3. The van der Waals surface area contributed by atoms with Crippen molar-refractivity contribution >= 4 is 22.9 Å². The number of pyridine rings is 1. The third kappa shape index (κ3) is 7.76. The van der Waals surface area contributed by atoms with E-state index < -0.39 is 13.0 Å². The minimum atomic E-state index is -4.69. The lowest BCUT2D eigenvalue weighted by Gasteiger charge is -2.40. The Bertz CT molecular complexity index is 1690. The van der Waals surface area contributed by atoms with Gasteiger partial charge in [0.1, 0.15) is 0 Å². The summed E-state index contributed by atoms with van der Waals surface area (Å²) >= 11 is 0. The van der Waals surface area contributed by atoms with Crippen molar-refractivity contribution in [2.24, 2.45) is 0 Å². The largest absolute Gasteiger partial charge is 0.522 e. The number of nitrogens with one attached hydrogen (secondary N) is 1. The second kappa shape index (κ2) is 15.1. The molecular weight excluding hydrogens is 653 g/mol. The SMILES string of the molecule is COc1cc(C(=O)N2CCC(CCN3CCC(N(CCOC(F)(F)F)c4nc5ccccc5[nH]4)CC3)(c3cccnc3)C2)cc(OC)c1OC. The number of ether oxygens (including phenoxy) is 4. The lowest BCUT2D eigenvalue weighted by atomic mass is 9.77. The van der Waals surface area contributed by atoms with Crippen molar-refractivity contribution in [3.63, 3.8) is 0 Å². The minimum Gasteiger partial charge on any atom is -0.493 e. The average Bonchev–Trinajstić information content (AvgIpc) is 3.77. The van der Waals surface area contributed by atoms with Gasteiger partial charge in [0.25, 0.3) is 5.91 Å². The molecule has 0 saturated carbocycles. The molecule has 0 bridgehead atoms. The van der Waals surface area contributed by atoms with E-state index >= 15 is 0 Å². The lowest BCUT2D eigenvalue weighted by molar-refractivity contribution is -0.323. The number of carbonyl (C=O) groups is 1. The highest BCUT2D eigenvalue weighted by Gasteiger charge is 2.42. The van der Waals surface area contributed by atoms with Gasteiger partial charge < -0.3 is 33.9 Å². The fourth-order valence-corrected chi connectivity index (χ4v) is 7.32. The monoisotopic (exact) mass is 696 g/mol. The number of nitrogens with zero attached hydrogens (tertiary/aromatic N) is 5. The molecule has 2 aromatic carbocycles. The summed E-state index contributed by atoms with van der Waals surface area (Å²) in [7, 11) is 4.57. The molecule has 4 heterocycles. The molecule has 1 unspecified atom stereocenters. The number of amides is 1. The van der Waals surface area contributed by atoms with E-state index in [0.717, 1.165) is 61.9 Å². The Morgan fingerprint density at radius 2 is 1.76 bits per heavy atom. The number of halogens is 3. The van der Waals surface area contributed by atoms with Crippen LogP contribution in [0.4, 0.5) is 19.1 Å². The molecule has 2 fully saturated rings. The van der Waals surface area contributed by atoms with Crippen LogP contribution in [0, 0.1) is 0 Å². The zero-order valence-corrected chi connectivity index (χ0v) is 28.5. The number of rotatable bonds is 13. The first-order chi connectivity index (χ1) is 24.1. The summed E-state index contributed by atoms with van der Waals surface area (Å²) in [4.78, 5) is 32.5. The van der Waals surface area contributed by atoms with Crippen LogP contribution in [0.1, 0.15) is 41.6 Å². The van der Waals surface area contributed by atoms with Crippen LogP contribution < -0.4 is 19.1 Å². The van der Waals surface area contributed by atoms with Crippen LogP contribution in [0.5, 0.6) is 17.2 Å². The Morgan fingerprint density at radius 3 is 2.40 bits per heavy atom. The smallest absolute Gasteiger partial charge is 0.493 e. The fraction of sp³-hybridized carbons (Fsp3) is 0.472. The molecule has 11 nitrogen and oxygen atoms in total. The summed E-state index contributed by atoms with van der Waals surface area (Å²) < 4.78 is 59.2. The zero-order valence-electron chi connectivity index (χ0n) is 28.5. The number of anilines is 1. The first kappa shape index (κ1) is 35.3. The van der Waals surface area contributed by atoms with E-state index in [1.807, 2.05) is 46.3 Å². The number of piperidine rings is 1. The second-order valence-corrected chi connectivity index (χ2v) is 12.8. The van der Waals surface area contributed by atoms with Crippen LogP contribution >= 0.6 is 0 Å². The molecule has 1 atom stereocenters. The topological polar surface area (TPSA) is 105 Å². The molecule has 2 saturated heterocycles. The van der Waals surface area contributed by atoms with E-state index in [1.165, 1.54) is 21.3 Å². The summed E-state index contributed by atoms with van der Waals surface area (Å²) in [5.41, 5.74) is 2.85. The second-order valence-electron chi connectivity index (χ2n) is 12.8. The van der Waals surface area contributed by atoms with Crippen molar-refractivity contribution in [2.45, 2.75) is 43.5 Å². The fourth-order valence-electron chi connectivity index (χ4n) is 7.32. The van der Waals surface area contributed by atoms with E-state index in [4.69, 9.17) is 14.2 Å². The van der Waals surface area contributed by atoms with Crippen LogP contribution in [-0.4, -0.2) is 110 Å². The van der Waals surface area contributed by atoms with Crippen LogP contribution in [-0.2, 0) is 10.2 Å². The van der Waals surface area contributed by atoms with E-state index in [0.29, 0.717) is 41.8 Å². The van der Waals surface area contributed by atoms with Crippen molar-refractivity contribution < 1.29 is 36.9 Å². The maximum absolute atomic E-state index is 13.9. The first-order valence-electron chi connectivity index (χ1n) is 16.8. The van der Waals surface area contributed by atoms with Crippen molar-refractivity contribution in [1.82, 2.24) is 24.8 Å². The van der Waals surface area contributed by atoms with Crippen LogP contribution in [0.2, 0.25) is 0 Å². The number of carbonyl (C=O) groups excluding carboxylic acids is 1. The number of aromatic amines is 1. The third-order valence-corrected chi connectivity index (χ3v) is 9.98. The number of aromatic nitrogens is 3. The number of benzene rings is 2. The molecule has 1 amide bonds. The Hall–Kier alpha value is -4.56. The van der Waals surface area contributed by atoms with Crippen LogP contribution in [0.25, 0.3) is 11.0 Å². The third-order valence-electron chi connectivity index (χ3n) is 9.98. The summed E-state index contributed by atoms with van der Waals surface area (Å²) in [5.74, 6) is 1.70. The van der Waals surface area contributed by atoms with Crippen LogP contribution in [0.3, 0.4) is 0 Å². The number of imidazole rings is 1. The highest BCUT2D eigenvalue weighted by atomic mass is 19.4. The van der Waals surface area contributed by atoms with E-state index in [2.05, 4.69) is 30.7 Å². The maximum atomic E-state index is 13.9. The van der Waals surface area contributed by atoms with Crippen molar-refractivity contribution in [3.05, 3.63) is 72.1 Å². The van der Waals surface area contributed by atoms with Gasteiger partial charge in [-0.15, -0.1) is 13.2 Å². The number of para-hydroxylation sites is 2. The molecule has 2 aliphatic heterocycles. The van der Waals surface area contributed by atoms with Gasteiger partial charge in [0, 0.05) is 62.1 Å². The Labute approximate surface area is 289 Å². The Morgan fingerprint density at radius 1 is 1.02 bits per heavy atom. The van der Waals surface area contributed by atoms with Gasteiger partial charge in [-0.25, -0.2) is 4.98 Å². The number of methoxy groups -OCH3 is 3. The molecular formula is C36H43F3N6O5. The van der Waals surface area contributed by atoms with Crippen molar-refractivity contribution in [1.29, 1.82) is 0 Å². The maximum Gasteiger partial charge on any atom is 0.522 e. The van der Waals surface area contributed by atoms with Crippen molar-refractivity contribution in [3.8, 4) is 17.2 Å². The van der Waals surface area contributed by atoms with E-state index in [-0.39, 0.29) is 23.9 Å². The highest BCUT2D eigenvalue weighted by molar-refractivity contribution is 5.96. The summed E-state index contributed by atoms with van der Waals surface area (Å²) in [6.07, 6.45) is 2.07. The zero-order chi connectivity index (χ0) is 35.3. The molecule has 0 spiro atoms. The summed E-state index contributed by atoms with van der Waals surface area (Å²) in [6, 6.07) is 14.9. The molecule has 268 valence electrons. The lowest BCUT2D eigenvalue weighted by Crippen LogP contribution is -2.48. The van der Waals surface area contributed by atoms with Gasteiger partial charge >= 0.3 is 6.36 Å². The Balaban J connectivity index is 1.13. The predicted molar refractivity (Wildman–Crippen MR) is 182 cm³/mol. The van der Waals surface area contributed by atoms with Gasteiger partial charge in [-0.1, -0.05) is 18.2 Å². The molecule has 50 heavy (non-hydrogen) atoms. The molecule has 14 heteroatoms. The van der Waals surface area contributed by atoms with Gasteiger partial charge in [-0.05, 0) is 68.1 Å². The normalized spacial score (nSPS) is 18.8. The first-order valence-corrected chi connectivity index (χ1v) is 16.8. The average molecular weight is 697 g/mol. The predicted octanol–water partition coefficient (Wildman–Crippen LogP) is 5.67. The van der Waals surface area contributed by atoms with Gasteiger partial charge in [0.05, 0.1) is 39.0 Å². The van der Waals surface area contributed by atoms with Crippen LogP contribution in [0.15, 0.2) is 60.9 Å². The molecule has 2 aliphatic rings. The molecule has 6 rings (SSSR count). The molecule has 1 N–H and O–H groups in total. The summed E-state index contributed by atoms with van der Waals surface area (Å²) in [5, 5.41) is 0. The van der Waals surface area contributed by atoms with Crippen molar-refractivity contribution in [2.75, 3.05) is 72.1 Å². The number of H-pyrrole nitrogens is 1. The molecule has 4 aromatic rings. The minimum absolute atomic E-state index is 0.00555. The molecule has 2 aromatic heterocycles. The van der Waals surface area contributed by atoms with Gasteiger partial charge in [-0.2, -0.15) is 0 Å². The number of hydrogen-bond donors (Lipinski definition) is 1. The Kier molecular flexibility index (Phi) is 10.7. The molecule has 0 radical (unpaired) electrons. The summed E-state index contributed by atoms with van der Waals surface area (Å²) in [6.45, 7) is 3.04. The van der Waals surface area contributed by atoms with E-state index in [9.17, 15) is 18.0 Å². The number of hydrogen-bond acceptors (Lipinski definition) is 9. The number of likely N-dealkylation sites (tertiary alicyclic amines) is 2. The van der Waals surface area contributed by atoms with E-state index in [1.54, 1.807) is 18.3 Å². The molecule has 0 aliphatic carbocycles. The standard InChI is InChI=1S/C36H43F3N6O5/c1-47-30-21-25(22-31(48-2)32(30)49-3)33(46)44-18-13-35(24-44,26-7-6-14-40-23-26)12-17-43-15-10-27(11-16-43)45(19-20-50-36(37,38)39)34-41-28-8-4-5-9-29(28)42-34/h4-9,14,21-23,27H,10-13,15-20,24H2,1-3H3,(H,41,42). The van der Waals surface area contributed by atoms with Gasteiger partial charge in [-0.3, -0.25) is 14.5 Å².